The summed E-state index contributed by atoms with van der Waals surface area (Å²) in [5.41, 5.74) is 0. The molecule has 0 aromatic heterocycles. The summed E-state index contributed by atoms with van der Waals surface area (Å²) >= 11 is 0. The first-order valence-corrected chi connectivity index (χ1v) is 3.31. The van der Waals surface area contributed by atoms with Crippen molar-refractivity contribution in [3.05, 3.63) is 0 Å². The van der Waals surface area contributed by atoms with Crippen molar-refractivity contribution in [2.75, 3.05) is 6.61 Å². The molecule has 0 aliphatic rings. The predicted octanol–water partition coefficient (Wildman–Crippen LogP) is 0.969. The molecule has 0 aromatic rings. The first-order chi connectivity index (χ1) is 5.07. The van der Waals surface area contributed by atoms with E-state index in [1.165, 1.54) is 6.92 Å². The summed E-state index contributed by atoms with van der Waals surface area (Å²) in [5, 5.41) is 8.56. The molecule has 0 spiro atoms. The Morgan fingerprint density at radius 3 is 2.27 bits per heavy atom. The van der Waals surface area contributed by atoms with E-state index < -0.39 is 19.0 Å². The van der Waals surface area contributed by atoms with Gasteiger partial charge in [-0.2, -0.15) is 0 Å². The van der Waals surface area contributed by atoms with E-state index in [-0.39, 0.29) is 6.61 Å². The van der Waals surface area contributed by atoms with Gasteiger partial charge < -0.3 is 14.6 Å². The van der Waals surface area contributed by atoms with Crippen LogP contribution in [0.1, 0.15) is 13.8 Å². The van der Waals surface area contributed by atoms with Crippen LogP contribution < -0.4 is 0 Å². The highest BCUT2D eigenvalue weighted by Crippen LogP contribution is 2.08. The molecular weight excluding hydrogens is 158 g/mol. The number of rotatable bonds is 5. The van der Waals surface area contributed by atoms with Crippen LogP contribution in [-0.4, -0.2) is 30.7 Å². The van der Waals surface area contributed by atoms with Gasteiger partial charge in [-0.25, -0.2) is 8.78 Å². The van der Waals surface area contributed by atoms with E-state index in [1.54, 1.807) is 6.92 Å². The average molecular weight is 170 g/mol. The lowest BCUT2D eigenvalue weighted by molar-refractivity contribution is -0.261. The number of halogens is 2. The number of alkyl halides is 2. The van der Waals surface area contributed by atoms with Crippen molar-refractivity contribution in [3.63, 3.8) is 0 Å². The van der Waals surface area contributed by atoms with Crippen molar-refractivity contribution < 1.29 is 23.4 Å². The van der Waals surface area contributed by atoms with Crippen molar-refractivity contribution in [1.29, 1.82) is 0 Å². The molecule has 2 atom stereocenters. The van der Waals surface area contributed by atoms with Crippen LogP contribution in [-0.2, 0) is 9.47 Å². The summed E-state index contributed by atoms with van der Waals surface area (Å²) < 4.78 is 32.6. The molecule has 0 aliphatic heterocycles. The third-order valence-corrected chi connectivity index (χ3v) is 0.868. The lowest BCUT2D eigenvalue weighted by atomic mass is 10.6. The zero-order valence-corrected chi connectivity index (χ0v) is 6.46. The summed E-state index contributed by atoms with van der Waals surface area (Å²) in [7, 11) is 0. The fraction of sp³-hybridized carbons (Fsp3) is 1.00. The Labute approximate surface area is 63.9 Å². The first-order valence-electron chi connectivity index (χ1n) is 3.31. The van der Waals surface area contributed by atoms with Gasteiger partial charge >= 0.3 is 0 Å². The van der Waals surface area contributed by atoms with Gasteiger partial charge in [0.05, 0.1) is 0 Å². The van der Waals surface area contributed by atoms with Gasteiger partial charge in [0.2, 0.25) is 6.29 Å². The van der Waals surface area contributed by atoms with Crippen LogP contribution in [0.4, 0.5) is 8.78 Å². The second-order valence-corrected chi connectivity index (χ2v) is 1.89. The minimum Gasteiger partial charge on any atom is -0.368 e. The Balaban J connectivity index is 3.69. The molecule has 0 saturated carbocycles. The maximum Gasteiger partial charge on any atom is 0.288 e. The van der Waals surface area contributed by atoms with Crippen molar-refractivity contribution in [2.45, 2.75) is 32.9 Å². The van der Waals surface area contributed by atoms with Crippen LogP contribution in [0.15, 0.2) is 0 Å². The Kier molecular flexibility index (Phi) is 5.27. The number of hydrogen-bond acceptors (Lipinski definition) is 3. The first kappa shape index (κ1) is 10.7. The zero-order valence-electron chi connectivity index (χ0n) is 6.46. The normalized spacial score (nSPS) is 16.9. The van der Waals surface area contributed by atoms with Crippen LogP contribution in [0.3, 0.4) is 0 Å². The van der Waals surface area contributed by atoms with Gasteiger partial charge in [-0.3, -0.25) is 0 Å². The minimum absolute atomic E-state index is 0.127. The molecule has 0 rings (SSSR count). The van der Waals surface area contributed by atoms with E-state index in [0.29, 0.717) is 0 Å². The number of aliphatic hydroxyl groups excluding tert-OH is 1. The molecule has 0 amide bonds. The monoisotopic (exact) mass is 170 g/mol. The largest absolute Gasteiger partial charge is 0.368 e. The SMILES string of the molecule is CCOC(OC(C)O)C(F)F. The fourth-order valence-electron chi connectivity index (χ4n) is 0.530. The highest BCUT2D eigenvalue weighted by molar-refractivity contribution is 4.46. The Hall–Kier alpha value is -0.260. The van der Waals surface area contributed by atoms with Crippen LogP contribution in [0, 0.1) is 0 Å². The van der Waals surface area contributed by atoms with Gasteiger partial charge in [-0.15, -0.1) is 0 Å². The topological polar surface area (TPSA) is 38.7 Å². The molecule has 0 radical (unpaired) electrons. The average Bonchev–Trinajstić information content (AvgIpc) is 1.86. The maximum atomic E-state index is 11.9. The second-order valence-electron chi connectivity index (χ2n) is 1.89. The summed E-state index contributed by atoms with van der Waals surface area (Å²) in [6.45, 7) is 2.94. The van der Waals surface area contributed by atoms with E-state index in [0.717, 1.165) is 0 Å². The molecule has 0 aliphatic carbocycles. The van der Waals surface area contributed by atoms with Gasteiger partial charge in [-0.05, 0) is 13.8 Å². The zero-order chi connectivity index (χ0) is 8.85. The molecule has 0 heterocycles. The molecule has 3 nitrogen and oxygen atoms in total. The minimum atomic E-state index is -2.73. The lowest BCUT2D eigenvalue weighted by Gasteiger charge is -2.17. The van der Waals surface area contributed by atoms with E-state index in [1.807, 2.05) is 0 Å². The van der Waals surface area contributed by atoms with Gasteiger partial charge in [-0.1, -0.05) is 0 Å². The molecule has 0 aromatic carbocycles. The molecule has 2 unspecified atom stereocenters. The lowest BCUT2D eigenvalue weighted by Crippen LogP contribution is -2.29. The van der Waals surface area contributed by atoms with Gasteiger partial charge in [0.25, 0.3) is 6.43 Å². The van der Waals surface area contributed by atoms with E-state index in [9.17, 15) is 8.78 Å². The molecule has 0 saturated heterocycles. The molecule has 5 heteroatoms. The van der Waals surface area contributed by atoms with Crippen LogP contribution in [0.2, 0.25) is 0 Å². The summed E-state index contributed by atoms with van der Waals surface area (Å²) in [5.74, 6) is 0. The third kappa shape index (κ3) is 5.06. The van der Waals surface area contributed by atoms with Crippen LogP contribution >= 0.6 is 0 Å². The van der Waals surface area contributed by atoms with Crippen molar-refractivity contribution >= 4 is 0 Å². The van der Waals surface area contributed by atoms with Gasteiger partial charge in [0, 0.05) is 6.61 Å². The standard InChI is InChI=1S/C6H12F2O3/c1-3-10-6(5(7)8)11-4(2)9/h4-6,9H,3H2,1-2H3. The summed E-state index contributed by atoms with van der Waals surface area (Å²) in [6, 6.07) is 0. The number of hydrogen-bond donors (Lipinski definition) is 1. The number of aliphatic hydroxyl groups is 1. The number of ether oxygens (including phenoxy) is 2. The van der Waals surface area contributed by atoms with Crippen molar-refractivity contribution in [3.8, 4) is 0 Å². The highest BCUT2D eigenvalue weighted by atomic mass is 19.3. The Morgan fingerprint density at radius 1 is 1.45 bits per heavy atom. The van der Waals surface area contributed by atoms with Gasteiger partial charge in [0.1, 0.15) is 0 Å². The van der Waals surface area contributed by atoms with E-state index in [2.05, 4.69) is 9.47 Å². The highest BCUT2D eigenvalue weighted by Gasteiger charge is 2.22. The third-order valence-electron chi connectivity index (χ3n) is 0.868. The fourth-order valence-corrected chi connectivity index (χ4v) is 0.530. The van der Waals surface area contributed by atoms with Crippen LogP contribution in [0.25, 0.3) is 0 Å². The van der Waals surface area contributed by atoms with Crippen molar-refractivity contribution in [2.24, 2.45) is 0 Å². The van der Waals surface area contributed by atoms with E-state index in [4.69, 9.17) is 5.11 Å². The Bertz CT molecular complexity index is 97.8. The summed E-state index contributed by atoms with van der Waals surface area (Å²) in [6.07, 6.45) is -5.59. The predicted molar refractivity (Wildman–Crippen MR) is 34.2 cm³/mol. The molecule has 68 valence electrons. The van der Waals surface area contributed by atoms with Crippen molar-refractivity contribution in [1.82, 2.24) is 0 Å². The van der Waals surface area contributed by atoms with Gasteiger partial charge in [0.15, 0.2) is 6.29 Å². The Morgan fingerprint density at radius 2 is 2.00 bits per heavy atom. The summed E-state index contributed by atoms with van der Waals surface area (Å²) in [4.78, 5) is 0. The quantitative estimate of drug-likeness (QED) is 0.625. The second kappa shape index (κ2) is 5.40. The van der Waals surface area contributed by atoms with Crippen LogP contribution in [0.5, 0.6) is 0 Å². The molecular formula is C6H12F2O3. The molecule has 0 fully saturated rings. The van der Waals surface area contributed by atoms with E-state index >= 15 is 0 Å². The molecule has 11 heavy (non-hydrogen) atoms. The molecule has 0 bridgehead atoms. The smallest absolute Gasteiger partial charge is 0.288 e. The maximum absolute atomic E-state index is 11.9. The molecule has 1 N–H and O–H groups in total.